The van der Waals surface area contributed by atoms with Gasteiger partial charge >= 0.3 is 0 Å². The van der Waals surface area contributed by atoms with E-state index in [2.05, 4.69) is 26.0 Å². The summed E-state index contributed by atoms with van der Waals surface area (Å²) in [7, 11) is -3.81. The van der Waals surface area contributed by atoms with Gasteiger partial charge in [-0.2, -0.15) is 0 Å². The van der Waals surface area contributed by atoms with Crippen molar-refractivity contribution in [2.24, 2.45) is 0 Å². The van der Waals surface area contributed by atoms with Crippen LogP contribution in [0.4, 0.5) is 14.5 Å². The molecule has 0 aromatic heterocycles. The molecule has 2 aromatic carbocycles. The Morgan fingerprint density at radius 2 is 1.82 bits per heavy atom. The molecule has 3 rings (SSSR count). The minimum atomic E-state index is -3.81. The Bertz CT molecular complexity index is 1000. The van der Waals surface area contributed by atoms with Crippen molar-refractivity contribution in [2.45, 2.75) is 36.6 Å². The molecule has 0 spiro atoms. The highest BCUT2D eigenvalue weighted by Crippen LogP contribution is 2.26. The minimum Gasteiger partial charge on any atom is -0.322 e. The first-order valence-electron chi connectivity index (χ1n) is 8.45. The molecule has 0 saturated heterocycles. The molecular formula is C18H16BrClF2N2O3S. The number of nitrogens with one attached hydrogen (secondary N) is 2. The monoisotopic (exact) mass is 492 g/mol. The van der Waals surface area contributed by atoms with E-state index in [1.807, 2.05) is 0 Å². The van der Waals surface area contributed by atoms with E-state index < -0.39 is 27.6 Å². The summed E-state index contributed by atoms with van der Waals surface area (Å²) in [6.45, 7) is 0. The average Bonchev–Trinajstić information content (AvgIpc) is 3.12. The fraction of sp³-hybridized carbons (Fsp3) is 0.278. The van der Waals surface area contributed by atoms with Crippen LogP contribution in [0, 0.1) is 11.6 Å². The van der Waals surface area contributed by atoms with Gasteiger partial charge in [0.25, 0.3) is 5.91 Å². The van der Waals surface area contributed by atoms with Crippen molar-refractivity contribution in [1.29, 1.82) is 0 Å². The highest BCUT2D eigenvalue weighted by molar-refractivity contribution is 9.10. The van der Waals surface area contributed by atoms with Gasteiger partial charge in [-0.15, -0.1) is 0 Å². The van der Waals surface area contributed by atoms with Gasteiger partial charge in [0.15, 0.2) is 11.6 Å². The van der Waals surface area contributed by atoms with E-state index in [0.717, 1.165) is 37.8 Å². The fourth-order valence-corrected chi connectivity index (χ4v) is 4.97. The van der Waals surface area contributed by atoms with Crippen LogP contribution in [0.3, 0.4) is 0 Å². The van der Waals surface area contributed by atoms with Crippen molar-refractivity contribution in [3.8, 4) is 0 Å². The number of hydrogen-bond donors (Lipinski definition) is 2. The maximum atomic E-state index is 13.5. The van der Waals surface area contributed by atoms with E-state index in [1.54, 1.807) is 0 Å². The molecule has 1 aliphatic carbocycles. The molecule has 1 amide bonds. The molecule has 1 fully saturated rings. The van der Waals surface area contributed by atoms with E-state index in [0.29, 0.717) is 0 Å². The first-order valence-corrected chi connectivity index (χ1v) is 11.1. The molecule has 0 bridgehead atoms. The van der Waals surface area contributed by atoms with Crippen LogP contribution in [-0.4, -0.2) is 20.4 Å². The third-order valence-electron chi connectivity index (χ3n) is 4.41. The van der Waals surface area contributed by atoms with Crippen LogP contribution in [0.1, 0.15) is 36.0 Å². The summed E-state index contributed by atoms with van der Waals surface area (Å²) in [4.78, 5) is 12.4. The molecule has 0 heterocycles. The van der Waals surface area contributed by atoms with Gasteiger partial charge in [0.2, 0.25) is 10.0 Å². The van der Waals surface area contributed by atoms with Crippen LogP contribution in [0.2, 0.25) is 5.02 Å². The summed E-state index contributed by atoms with van der Waals surface area (Å²) in [6, 6.07) is 5.65. The molecule has 5 nitrogen and oxygen atoms in total. The lowest BCUT2D eigenvalue weighted by Gasteiger charge is -2.14. The SMILES string of the molecule is O=C(Nc1cc(F)c(F)c(Br)c1)c1cc(S(=O)(=O)NC2CCCC2)ccc1Cl. The molecule has 28 heavy (non-hydrogen) atoms. The first-order chi connectivity index (χ1) is 13.2. The van der Waals surface area contributed by atoms with Crippen molar-refractivity contribution < 1.29 is 22.0 Å². The highest BCUT2D eigenvalue weighted by Gasteiger charge is 2.24. The summed E-state index contributed by atoms with van der Waals surface area (Å²) in [5.41, 5.74) is -0.110. The van der Waals surface area contributed by atoms with Gasteiger partial charge < -0.3 is 5.32 Å². The van der Waals surface area contributed by atoms with Crippen LogP contribution < -0.4 is 10.0 Å². The summed E-state index contributed by atoms with van der Waals surface area (Å²) in [6.07, 6.45) is 3.47. The maximum absolute atomic E-state index is 13.5. The van der Waals surface area contributed by atoms with Crippen molar-refractivity contribution in [3.63, 3.8) is 0 Å². The number of anilines is 1. The summed E-state index contributed by atoms with van der Waals surface area (Å²) in [5, 5.41) is 2.41. The van der Waals surface area contributed by atoms with Crippen molar-refractivity contribution >= 4 is 49.1 Å². The second kappa shape index (κ2) is 8.44. The van der Waals surface area contributed by atoms with Crippen LogP contribution >= 0.6 is 27.5 Å². The normalized spacial score (nSPS) is 15.0. The first kappa shape index (κ1) is 21.2. The van der Waals surface area contributed by atoms with Gasteiger partial charge in [0.05, 0.1) is 20.0 Å². The number of carbonyl (C=O) groups excluding carboxylic acids is 1. The number of hydrogen-bond acceptors (Lipinski definition) is 3. The zero-order valence-electron chi connectivity index (χ0n) is 14.4. The third-order valence-corrected chi connectivity index (χ3v) is 6.84. The molecule has 1 saturated carbocycles. The Morgan fingerprint density at radius 3 is 2.46 bits per heavy atom. The molecule has 2 aromatic rings. The molecule has 1 aliphatic rings. The standard InChI is InChI=1S/C18H16BrClF2N2O3S/c19-14-7-11(8-16(21)17(14)22)23-18(25)13-9-12(5-6-15(13)20)28(26,27)24-10-3-1-2-4-10/h5-10,24H,1-4H2,(H,23,25). The third kappa shape index (κ3) is 4.71. The number of carbonyl (C=O) groups is 1. The van der Waals surface area contributed by atoms with E-state index in [4.69, 9.17) is 11.6 Å². The van der Waals surface area contributed by atoms with E-state index in [9.17, 15) is 22.0 Å². The van der Waals surface area contributed by atoms with Gasteiger partial charge in [0, 0.05) is 17.8 Å². The molecule has 0 radical (unpaired) electrons. The fourth-order valence-electron chi connectivity index (χ4n) is 3.00. The number of halogens is 4. The molecular weight excluding hydrogens is 478 g/mol. The van der Waals surface area contributed by atoms with Crippen LogP contribution in [0.15, 0.2) is 39.7 Å². The Kier molecular flexibility index (Phi) is 6.38. The zero-order chi connectivity index (χ0) is 20.5. The van der Waals surface area contributed by atoms with Crippen molar-refractivity contribution in [1.82, 2.24) is 4.72 Å². The topological polar surface area (TPSA) is 75.3 Å². The maximum Gasteiger partial charge on any atom is 0.257 e. The number of benzene rings is 2. The van der Waals surface area contributed by atoms with Crippen LogP contribution in [-0.2, 0) is 10.0 Å². The number of sulfonamides is 1. The van der Waals surface area contributed by atoms with Gasteiger partial charge in [-0.05, 0) is 53.0 Å². The van der Waals surface area contributed by atoms with E-state index >= 15 is 0 Å². The Balaban J connectivity index is 1.85. The van der Waals surface area contributed by atoms with Crippen LogP contribution in [0.5, 0.6) is 0 Å². The molecule has 10 heteroatoms. The predicted molar refractivity (Wildman–Crippen MR) is 106 cm³/mol. The van der Waals surface area contributed by atoms with Gasteiger partial charge in [-0.25, -0.2) is 21.9 Å². The Morgan fingerprint density at radius 1 is 1.14 bits per heavy atom. The van der Waals surface area contributed by atoms with E-state index in [-0.39, 0.29) is 31.7 Å². The second-order valence-electron chi connectivity index (χ2n) is 6.45. The molecule has 150 valence electrons. The predicted octanol–water partition coefficient (Wildman–Crippen LogP) is 4.85. The van der Waals surface area contributed by atoms with Crippen molar-refractivity contribution in [3.05, 3.63) is 57.0 Å². The van der Waals surface area contributed by atoms with Gasteiger partial charge in [-0.1, -0.05) is 24.4 Å². The molecule has 2 N–H and O–H groups in total. The molecule has 0 unspecified atom stereocenters. The van der Waals surface area contributed by atoms with E-state index in [1.165, 1.54) is 18.2 Å². The lowest BCUT2D eigenvalue weighted by molar-refractivity contribution is 0.102. The minimum absolute atomic E-state index is 0.0100. The summed E-state index contributed by atoms with van der Waals surface area (Å²) in [5.74, 6) is -2.98. The van der Waals surface area contributed by atoms with Crippen molar-refractivity contribution in [2.75, 3.05) is 5.32 Å². The van der Waals surface area contributed by atoms with Crippen LogP contribution in [0.25, 0.3) is 0 Å². The lowest BCUT2D eigenvalue weighted by atomic mass is 10.2. The summed E-state index contributed by atoms with van der Waals surface area (Å²) >= 11 is 8.90. The number of rotatable bonds is 5. The quantitative estimate of drug-likeness (QED) is 0.585. The second-order valence-corrected chi connectivity index (χ2v) is 9.43. The Hall–Kier alpha value is -1.55. The van der Waals surface area contributed by atoms with Gasteiger partial charge in [0.1, 0.15) is 0 Å². The summed E-state index contributed by atoms with van der Waals surface area (Å²) < 4.78 is 54.5. The molecule has 0 atom stereocenters. The number of amides is 1. The highest BCUT2D eigenvalue weighted by atomic mass is 79.9. The van der Waals surface area contributed by atoms with Gasteiger partial charge in [-0.3, -0.25) is 4.79 Å². The molecule has 0 aliphatic heterocycles. The average molecular weight is 494 g/mol. The zero-order valence-corrected chi connectivity index (χ0v) is 17.6. The lowest BCUT2D eigenvalue weighted by Crippen LogP contribution is -2.32. The smallest absolute Gasteiger partial charge is 0.257 e. The largest absolute Gasteiger partial charge is 0.322 e. The Labute approximate surface area is 174 Å².